The fourth-order valence-electron chi connectivity index (χ4n) is 3.30. The Labute approximate surface area is 158 Å². The first kappa shape index (κ1) is 20.5. The van der Waals surface area contributed by atoms with E-state index in [0.29, 0.717) is 18.4 Å². The van der Waals surface area contributed by atoms with Crippen molar-refractivity contribution in [2.45, 2.75) is 49.9 Å². The lowest BCUT2D eigenvalue weighted by Crippen LogP contribution is -2.53. The van der Waals surface area contributed by atoms with Gasteiger partial charge in [0.05, 0.1) is 0 Å². The number of fused-ring (bicyclic) bond motifs is 1. The number of benzene rings is 2. The molecule has 0 unspecified atom stereocenters. The number of alkyl halides is 6. The van der Waals surface area contributed by atoms with E-state index in [1.165, 1.54) is 6.07 Å². The number of aryl methyl sites for hydroxylation is 1. The monoisotopic (exact) mass is 404 g/mol. The quantitative estimate of drug-likeness (QED) is 0.595. The molecule has 2 aromatic rings. The zero-order valence-corrected chi connectivity index (χ0v) is 14.7. The Balaban J connectivity index is 2.02. The fourth-order valence-corrected chi connectivity index (χ4v) is 3.30. The minimum Gasteiger partial charge on any atom is -0.462 e. The lowest BCUT2D eigenvalue weighted by molar-refractivity contribution is -0.370. The van der Waals surface area contributed by atoms with Gasteiger partial charge in [0.2, 0.25) is 5.79 Å². The van der Waals surface area contributed by atoms with Crippen LogP contribution in [0, 0.1) is 0 Å². The highest BCUT2D eigenvalue weighted by molar-refractivity contribution is 5.35. The third-order valence-corrected chi connectivity index (χ3v) is 4.52. The van der Waals surface area contributed by atoms with Gasteiger partial charge in [-0.25, -0.2) is 0 Å². The van der Waals surface area contributed by atoms with Crippen molar-refractivity contribution < 1.29 is 35.8 Å². The van der Waals surface area contributed by atoms with E-state index in [1.54, 1.807) is 48.5 Å². The summed E-state index contributed by atoms with van der Waals surface area (Å²) in [5.74, 6) is -1.86. The van der Waals surface area contributed by atoms with Crippen LogP contribution in [0.3, 0.4) is 0 Å². The van der Waals surface area contributed by atoms with Crippen LogP contribution in [-0.4, -0.2) is 24.2 Å². The lowest BCUT2D eigenvalue weighted by atomic mass is 9.99. The summed E-state index contributed by atoms with van der Waals surface area (Å²) in [4.78, 5) is 0. The van der Waals surface area contributed by atoms with Crippen LogP contribution >= 0.6 is 0 Å². The number of ether oxygens (including phenoxy) is 2. The molecule has 0 radical (unpaired) electrons. The number of hydrogen-bond acceptors (Lipinski definition) is 2. The average molecular weight is 404 g/mol. The molecule has 28 heavy (non-hydrogen) atoms. The molecule has 0 bridgehead atoms. The van der Waals surface area contributed by atoms with Gasteiger partial charge in [0.25, 0.3) is 6.10 Å². The van der Waals surface area contributed by atoms with E-state index in [1.807, 2.05) is 0 Å². The second-order valence-electron chi connectivity index (χ2n) is 6.72. The van der Waals surface area contributed by atoms with Gasteiger partial charge >= 0.3 is 12.4 Å². The number of halogens is 6. The first-order chi connectivity index (χ1) is 13.1. The Morgan fingerprint density at radius 2 is 1.50 bits per heavy atom. The molecule has 0 aliphatic carbocycles. The average Bonchev–Trinajstić information content (AvgIpc) is 2.78. The molecule has 2 nitrogen and oxygen atoms in total. The summed E-state index contributed by atoms with van der Waals surface area (Å²) >= 11 is 0. The molecule has 1 aliphatic heterocycles. The summed E-state index contributed by atoms with van der Waals surface area (Å²) in [5, 5.41) is 0. The maximum atomic E-state index is 13.2. The highest BCUT2D eigenvalue weighted by atomic mass is 19.4. The van der Waals surface area contributed by atoms with Gasteiger partial charge in [0.1, 0.15) is 5.75 Å². The van der Waals surface area contributed by atoms with Gasteiger partial charge in [-0.15, -0.1) is 0 Å². The Kier molecular flexibility index (Phi) is 5.61. The topological polar surface area (TPSA) is 18.5 Å². The van der Waals surface area contributed by atoms with E-state index in [0.717, 1.165) is 5.56 Å². The molecule has 0 fully saturated rings. The molecule has 0 amide bonds. The number of para-hydroxylation sites is 1. The summed E-state index contributed by atoms with van der Waals surface area (Å²) in [6.45, 7) is 0. The van der Waals surface area contributed by atoms with E-state index in [9.17, 15) is 26.3 Å². The Hall–Kier alpha value is -2.22. The molecule has 0 saturated carbocycles. The van der Waals surface area contributed by atoms with Gasteiger partial charge in [-0.3, -0.25) is 0 Å². The summed E-state index contributed by atoms with van der Waals surface area (Å²) in [6.07, 6.45) is -14.7. The van der Waals surface area contributed by atoms with E-state index in [2.05, 4.69) is 0 Å². The predicted octanol–water partition coefficient (Wildman–Crippen LogP) is 5.85. The maximum Gasteiger partial charge on any atom is 0.423 e. The van der Waals surface area contributed by atoms with Gasteiger partial charge in [0.15, 0.2) is 0 Å². The molecule has 0 N–H and O–H groups in total. The molecule has 1 aliphatic rings. The minimum atomic E-state index is -5.61. The number of hydrogen-bond donors (Lipinski definition) is 0. The summed E-state index contributed by atoms with van der Waals surface area (Å²) < 4.78 is 89.6. The standard InChI is InChI=1S/C20H18F6O2/c21-19(22,23)17(20(24,25)26)28-18(13-14-7-2-1-3-8-14)12-6-10-15-9-4-5-11-16(15)27-18/h1-5,7-9,11,17H,6,10,12-13H2/t18-/m1/s1. The molecule has 152 valence electrons. The predicted molar refractivity (Wildman–Crippen MR) is 89.9 cm³/mol. The maximum absolute atomic E-state index is 13.2. The van der Waals surface area contributed by atoms with Crippen molar-refractivity contribution in [1.29, 1.82) is 0 Å². The highest BCUT2D eigenvalue weighted by Crippen LogP contribution is 2.42. The van der Waals surface area contributed by atoms with Gasteiger partial charge in [0, 0.05) is 12.8 Å². The van der Waals surface area contributed by atoms with Crippen molar-refractivity contribution in [2.24, 2.45) is 0 Å². The third-order valence-electron chi connectivity index (χ3n) is 4.52. The van der Waals surface area contributed by atoms with Crippen molar-refractivity contribution >= 4 is 0 Å². The molecule has 0 spiro atoms. The Morgan fingerprint density at radius 1 is 0.893 bits per heavy atom. The van der Waals surface area contributed by atoms with Gasteiger partial charge in [-0.2, -0.15) is 26.3 Å². The van der Waals surface area contributed by atoms with Crippen molar-refractivity contribution in [3.63, 3.8) is 0 Å². The summed E-state index contributed by atoms with van der Waals surface area (Å²) in [5.41, 5.74) is 1.24. The van der Waals surface area contributed by atoms with Crippen LogP contribution in [0.25, 0.3) is 0 Å². The second kappa shape index (κ2) is 7.66. The highest BCUT2D eigenvalue weighted by Gasteiger charge is 2.61. The van der Waals surface area contributed by atoms with Crippen LogP contribution in [0.15, 0.2) is 54.6 Å². The number of rotatable bonds is 4. The molecule has 0 saturated heterocycles. The first-order valence-electron chi connectivity index (χ1n) is 8.71. The molecule has 2 aromatic carbocycles. The fraction of sp³-hybridized carbons (Fsp3) is 0.400. The van der Waals surface area contributed by atoms with Crippen LogP contribution in [0.2, 0.25) is 0 Å². The smallest absolute Gasteiger partial charge is 0.423 e. The van der Waals surface area contributed by atoms with Crippen LogP contribution in [0.1, 0.15) is 24.0 Å². The molecule has 0 aromatic heterocycles. The van der Waals surface area contributed by atoms with Crippen molar-refractivity contribution in [2.75, 3.05) is 0 Å². The minimum absolute atomic E-state index is 0.112. The van der Waals surface area contributed by atoms with Crippen LogP contribution in [0.4, 0.5) is 26.3 Å². The van der Waals surface area contributed by atoms with E-state index in [4.69, 9.17) is 9.47 Å². The third kappa shape index (κ3) is 4.79. The molecule has 1 atom stereocenters. The summed E-state index contributed by atoms with van der Waals surface area (Å²) in [7, 11) is 0. The molecule has 8 heteroatoms. The van der Waals surface area contributed by atoms with Crippen LogP contribution in [-0.2, 0) is 17.6 Å². The molecule has 1 heterocycles. The van der Waals surface area contributed by atoms with Gasteiger partial charge in [-0.1, -0.05) is 48.5 Å². The molecule has 3 rings (SSSR count). The van der Waals surface area contributed by atoms with Gasteiger partial charge in [-0.05, 0) is 30.0 Å². The normalized spacial score (nSPS) is 20.4. The van der Waals surface area contributed by atoms with Crippen molar-refractivity contribution in [3.05, 3.63) is 65.7 Å². The molecular formula is C20H18F6O2. The van der Waals surface area contributed by atoms with E-state index < -0.39 is 24.2 Å². The lowest BCUT2D eigenvalue weighted by Gasteiger charge is -2.38. The van der Waals surface area contributed by atoms with Crippen molar-refractivity contribution in [1.82, 2.24) is 0 Å². The van der Waals surface area contributed by atoms with Gasteiger partial charge < -0.3 is 9.47 Å². The van der Waals surface area contributed by atoms with E-state index in [-0.39, 0.29) is 18.6 Å². The van der Waals surface area contributed by atoms with Crippen LogP contribution < -0.4 is 4.74 Å². The summed E-state index contributed by atoms with van der Waals surface area (Å²) in [6, 6.07) is 14.8. The van der Waals surface area contributed by atoms with E-state index >= 15 is 0 Å². The SMILES string of the molecule is FC(F)(F)C(O[C@@]1(Cc2ccccc2)CCCc2ccccc2O1)C(F)(F)F. The largest absolute Gasteiger partial charge is 0.462 e. The zero-order valence-electron chi connectivity index (χ0n) is 14.7. The Bertz CT molecular complexity index is 773. The van der Waals surface area contributed by atoms with Crippen molar-refractivity contribution in [3.8, 4) is 5.75 Å². The Morgan fingerprint density at radius 3 is 2.14 bits per heavy atom. The second-order valence-corrected chi connectivity index (χ2v) is 6.72. The molecular weight excluding hydrogens is 386 g/mol. The van der Waals surface area contributed by atoms with Crippen LogP contribution in [0.5, 0.6) is 5.75 Å². The zero-order chi connectivity index (χ0) is 20.4. The first-order valence-corrected chi connectivity index (χ1v) is 8.71.